The molecule has 2 heterocycles. The monoisotopic (exact) mass is 266 g/mol. The Labute approximate surface area is 111 Å². The van der Waals surface area contributed by atoms with Gasteiger partial charge in [0.05, 0.1) is 24.9 Å². The molecule has 7 nitrogen and oxygen atoms in total. The SMILES string of the molecule is CCn1ncc(N)c1C(=O)N1CCC(C(=O)OC)C1. The van der Waals surface area contributed by atoms with Crippen LogP contribution in [0.5, 0.6) is 0 Å². The second kappa shape index (κ2) is 5.29. The molecule has 1 amide bonds. The largest absolute Gasteiger partial charge is 0.469 e. The molecular formula is C12H18N4O3. The maximum Gasteiger partial charge on any atom is 0.310 e. The smallest absolute Gasteiger partial charge is 0.310 e. The minimum absolute atomic E-state index is 0.178. The van der Waals surface area contributed by atoms with Crippen molar-refractivity contribution in [3.05, 3.63) is 11.9 Å². The van der Waals surface area contributed by atoms with Gasteiger partial charge in [-0.25, -0.2) is 0 Å². The Bertz CT molecular complexity index is 497. The molecule has 1 unspecified atom stereocenters. The molecule has 0 spiro atoms. The van der Waals surface area contributed by atoms with Crippen LogP contribution in [0.15, 0.2) is 6.20 Å². The van der Waals surface area contributed by atoms with Crippen LogP contribution in [0.2, 0.25) is 0 Å². The molecule has 1 saturated heterocycles. The average molecular weight is 266 g/mol. The standard InChI is InChI=1S/C12H18N4O3/c1-3-16-10(9(13)6-14-16)11(17)15-5-4-8(7-15)12(18)19-2/h6,8H,3-5,7,13H2,1-2H3. The lowest BCUT2D eigenvalue weighted by molar-refractivity contribution is -0.144. The fraction of sp³-hybridized carbons (Fsp3) is 0.583. The number of ether oxygens (including phenoxy) is 1. The van der Waals surface area contributed by atoms with Crippen molar-refractivity contribution in [3.8, 4) is 0 Å². The first-order valence-electron chi connectivity index (χ1n) is 6.26. The molecule has 19 heavy (non-hydrogen) atoms. The Balaban J connectivity index is 2.13. The Morgan fingerprint density at radius 1 is 1.58 bits per heavy atom. The number of carbonyl (C=O) groups is 2. The minimum Gasteiger partial charge on any atom is -0.469 e. The quantitative estimate of drug-likeness (QED) is 0.785. The molecule has 1 aromatic heterocycles. The summed E-state index contributed by atoms with van der Waals surface area (Å²) in [5.74, 6) is -0.691. The second-order valence-electron chi connectivity index (χ2n) is 4.52. The van der Waals surface area contributed by atoms with Crippen LogP contribution in [-0.4, -0.2) is 46.8 Å². The number of methoxy groups -OCH3 is 1. The highest BCUT2D eigenvalue weighted by Crippen LogP contribution is 2.22. The van der Waals surface area contributed by atoms with Crippen LogP contribution in [0.25, 0.3) is 0 Å². The highest BCUT2D eigenvalue weighted by atomic mass is 16.5. The van der Waals surface area contributed by atoms with E-state index >= 15 is 0 Å². The van der Waals surface area contributed by atoms with Gasteiger partial charge in [-0.3, -0.25) is 14.3 Å². The van der Waals surface area contributed by atoms with Gasteiger partial charge in [0.25, 0.3) is 5.91 Å². The number of hydrogen-bond donors (Lipinski definition) is 1. The first-order chi connectivity index (χ1) is 9.08. The number of aryl methyl sites for hydroxylation is 1. The molecule has 0 bridgehead atoms. The van der Waals surface area contributed by atoms with Gasteiger partial charge in [0.15, 0.2) is 0 Å². The van der Waals surface area contributed by atoms with Gasteiger partial charge in [0.2, 0.25) is 0 Å². The molecule has 7 heteroatoms. The summed E-state index contributed by atoms with van der Waals surface area (Å²) in [6.07, 6.45) is 2.10. The van der Waals surface area contributed by atoms with Crippen molar-refractivity contribution < 1.29 is 14.3 Å². The maximum atomic E-state index is 12.4. The van der Waals surface area contributed by atoms with E-state index in [0.29, 0.717) is 37.4 Å². The third-order valence-electron chi connectivity index (χ3n) is 3.38. The zero-order chi connectivity index (χ0) is 14.0. The van der Waals surface area contributed by atoms with Gasteiger partial charge in [-0.2, -0.15) is 5.10 Å². The molecule has 2 rings (SSSR count). The number of nitrogen functional groups attached to an aromatic ring is 1. The van der Waals surface area contributed by atoms with Crippen molar-refractivity contribution in [3.63, 3.8) is 0 Å². The summed E-state index contributed by atoms with van der Waals surface area (Å²) >= 11 is 0. The van der Waals surface area contributed by atoms with E-state index in [2.05, 4.69) is 5.10 Å². The van der Waals surface area contributed by atoms with E-state index in [4.69, 9.17) is 10.5 Å². The van der Waals surface area contributed by atoms with Crippen molar-refractivity contribution in [2.45, 2.75) is 19.9 Å². The van der Waals surface area contributed by atoms with E-state index in [-0.39, 0.29) is 17.8 Å². The third kappa shape index (κ3) is 2.40. The number of hydrogen-bond acceptors (Lipinski definition) is 5. The van der Waals surface area contributed by atoms with Crippen molar-refractivity contribution in [2.75, 3.05) is 25.9 Å². The predicted molar refractivity (Wildman–Crippen MR) is 68.3 cm³/mol. The van der Waals surface area contributed by atoms with E-state index in [9.17, 15) is 9.59 Å². The molecule has 0 saturated carbocycles. The van der Waals surface area contributed by atoms with Crippen LogP contribution in [0.3, 0.4) is 0 Å². The Morgan fingerprint density at radius 3 is 2.95 bits per heavy atom. The number of aromatic nitrogens is 2. The first kappa shape index (κ1) is 13.4. The van der Waals surface area contributed by atoms with Gasteiger partial charge in [0.1, 0.15) is 5.69 Å². The van der Waals surface area contributed by atoms with E-state index in [1.165, 1.54) is 13.3 Å². The lowest BCUT2D eigenvalue weighted by Gasteiger charge is -2.17. The number of anilines is 1. The van der Waals surface area contributed by atoms with Crippen molar-refractivity contribution in [1.29, 1.82) is 0 Å². The molecular weight excluding hydrogens is 248 g/mol. The van der Waals surface area contributed by atoms with Crippen LogP contribution in [0.4, 0.5) is 5.69 Å². The Hall–Kier alpha value is -2.05. The van der Waals surface area contributed by atoms with Gasteiger partial charge in [-0.05, 0) is 13.3 Å². The summed E-state index contributed by atoms with van der Waals surface area (Å²) in [6, 6.07) is 0. The second-order valence-corrected chi connectivity index (χ2v) is 4.52. The molecule has 1 aliphatic rings. The molecule has 0 aliphatic carbocycles. The molecule has 1 aliphatic heterocycles. The normalized spacial score (nSPS) is 18.6. The lowest BCUT2D eigenvalue weighted by atomic mass is 10.1. The fourth-order valence-corrected chi connectivity index (χ4v) is 2.33. The molecule has 0 aromatic carbocycles. The number of nitrogens with two attached hydrogens (primary N) is 1. The molecule has 104 valence electrons. The van der Waals surface area contributed by atoms with Crippen molar-refractivity contribution in [1.82, 2.24) is 14.7 Å². The number of amides is 1. The van der Waals surface area contributed by atoms with Gasteiger partial charge in [0, 0.05) is 19.6 Å². The summed E-state index contributed by atoms with van der Waals surface area (Å²) in [5.41, 5.74) is 6.55. The van der Waals surface area contributed by atoms with E-state index < -0.39 is 0 Å². The Kier molecular flexibility index (Phi) is 3.73. The summed E-state index contributed by atoms with van der Waals surface area (Å²) in [4.78, 5) is 25.5. The number of esters is 1. The highest BCUT2D eigenvalue weighted by Gasteiger charge is 2.33. The number of rotatable bonds is 3. The van der Waals surface area contributed by atoms with E-state index in [1.807, 2.05) is 6.92 Å². The topological polar surface area (TPSA) is 90.5 Å². The van der Waals surface area contributed by atoms with Crippen molar-refractivity contribution in [2.24, 2.45) is 5.92 Å². The fourth-order valence-electron chi connectivity index (χ4n) is 2.33. The Morgan fingerprint density at radius 2 is 2.32 bits per heavy atom. The zero-order valence-electron chi connectivity index (χ0n) is 11.1. The van der Waals surface area contributed by atoms with Gasteiger partial charge < -0.3 is 15.4 Å². The molecule has 1 atom stereocenters. The zero-order valence-corrected chi connectivity index (χ0v) is 11.1. The van der Waals surface area contributed by atoms with E-state index in [0.717, 1.165) is 0 Å². The van der Waals surface area contributed by atoms with Gasteiger partial charge in [-0.15, -0.1) is 0 Å². The summed E-state index contributed by atoms with van der Waals surface area (Å²) in [6.45, 7) is 3.38. The van der Waals surface area contributed by atoms with Crippen LogP contribution in [-0.2, 0) is 16.1 Å². The van der Waals surface area contributed by atoms with Gasteiger partial charge >= 0.3 is 5.97 Å². The van der Waals surface area contributed by atoms with E-state index in [1.54, 1.807) is 9.58 Å². The van der Waals surface area contributed by atoms with Crippen LogP contribution in [0, 0.1) is 5.92 Å². The molecule has 1 fully saturated rings. The van der Waals surface area contributed by atoms with Crippen LogP contribution in [0.1, 0.15) is 23.8 Å². The maximum absolute atomic E-state index is 12.4. The summed E-state index contributed by atoms with van der Waals surface area (Å²) in [5, 5.41) is 4.05. The van der Waals surface area contributed by atoms with Crippen LogP contribution < -0.4 is 5.73 Å². The average Bonchev–Trinajstić information content (AvgIpc) is 3.03. The summed E-state index contributed by atoms with van der Waals surface area (Å²) < 4.78 is 6.27. The van der Waals surface area contributed by atoms with Gasteiger partial charge in [-0.1, -0.05) is 0 Å². The first-order valence-corrected chi connectivity index (χ1v) is 6.26. The molecule has 0 radical (unpaired) electrons. The lowest BCUT2D eigenvalue weighted by Crippen LogP contribution is -2.32. The summed E-state index contributed by atoms with van der Waals surface area (Å²) in [7, 11) is 1.36. The molecule has 2 N–H and O–H groups in total. The third-order valence-corrected chi connectivity index (χ3v) is 3.38. The number of likely N-dealkylation sites (tertiary alicyclic amines) is 1. The molecule has 1 aromatic rings. The van der Waals surface area contributed by atoms with Crippen molar-refractivity contribution >= 4 is 17.6 Å². The highest BCUT2D eigenvalue weighted by molar-refractivity contribution is 5.97. The number of nitrogens with zero attached hydrogens (tertiary/aromatic N) is 3. The predicted octanol–water partition coefficient (Wildman–Crippen LogP) is 0.120. The van der Waals surface area contributed by atoms with Crippen LogP contribution >= 0.6 is 0 Å². The number of carbonyl (C=O) groups excluding carboxylic acids is 2. The minimum atomic E-state index is -0.271.